The summed E-state index contributed by atoms with van der Waals surface area (Å²) in [6, 6.07) is 9.94. The molecule has 1 aliphatic heterocycles. The van der Waals surface area contributed by atoms with Crippen molar-refractivity contribution in [2.24, 2.45) is 0 Å². The van der Waals surface area contributed by atoms with Crippen LogP contribution in [0.5, 0.6) is 0 Å². The summed E-state index contributed by atoms with van der Waals surface area (Å²) in [5, 5.41) is 0. The molecule has 1 saturated heterocycles. The van der Waals surface area contributed by atoms with E-state index in [-0.39, 0.29) is 0 Å². The van der Waals surface area contributed by atoms with Crippen molar-refractivity contribution in [3.05, 3.63) is 35.9 Å². The highest BCUT2D eigenvalue weighted by Gasteiger charge is 2.24. The van der Waals surface area contributed by atoms with E-state index in [9.17, 15) is 8.42 Å². The van der Waals surface area contributed by atoms with Gasteiger partial charge >= 0.3 is 0 Å². The van der Waals surface area contributed by atoms with Crippen molar-refractivity contribution >= 4 is 10.2 Å². The fraction of sp³-hybridized carbons (Fsp3) is 0.455. The molecule has 1 aliphatic rings. The molecule has 0 bridgehead atoms. The highest BCUT2D eigenvalue weighted by atomic mass is 32.2. The molecule has 0 saturated carbocycles. The summed E-state index contributed by atoms with van der Waals surface area (Å²) >= 11 is 0. The van der Waals surface area contributed by atoms with Crippen molar-refractivity contribution in [3.63, 3.8) is 0 Å². The lowest BCUT2D eigenvalue weighted by Gasteiger charge is -2.26. The highest BCUT2D eigenvalue weighted by Crippen LogP contribution is 2.08. The van der Waals surface area contributed by atoms with Crippen molar-refractivity contribution in [1.82, 2.24) is 9.03 Å². The Labute approximate surface area is 96.5 Å². The smallest absolute Gasteiger partial charge is 0.202 e. The number of nitrogens with one attached hydrogen (secondary N) is 1. The molecule has 0 radical (unpaired) electrons. The second-order valence-corrected chi connectivity index (χ2v) is 5.64. The second-order valence-electron chi connectivity index (χ2n) is 3.89. The van der Waals surface area contributed by atoms with E-state index in [2.05, 4.69) is 4.72 Å². The van der Waals surface area contributed by atoms with E-state index in [0.29, 0.717) is 19.6 Å². The van der Waals surface area contributed by atoms with Gasteiger partial charge in [-0.2, -0.15) is 12.7 Å². The molecule has 0 unspecified atom stereocenters. The van der Waals surface area contributed by atoms with Crippen LogP contribution in [0.15, 0.2) is 30.3 Å². The van der Waals surface area contributed by atoms with Gasteiger partial charge < -0.3 is 0 Å². The molecule has 1 N–H and O–H groups in total. The van der Waals surface area contributed by atoms with Crippen molar-refractivity contribution in [2.75, 3.05) is 19.6 Å². The number of nitrogens with zero attached hydrogens (tertiary/aromatic N) is 1. The minimum atomic E-state index is -3.21. The molecule has 0 amide bonds. The Kier molecular flexibility index (Phi) is 3.58. The van der Waals surface area contributed by atoms with Gasteiger partial charge in [-0.15, -0.1) is 0 Å². The van der Waals surface area contributed by atoms with E-state index >= 15 is 0 Å². The van der Waals surface area contributed by atoms with E-state index in [4.69, 9.17) is 0 Å². The number of benzene rings is 1. The zero-order valence-corrected chi connectivity index (χ0v) is 9.91. The molecule has 1 fully saturated rings. The molecule has 16 heavy (non-hydrogen) atoms. The van der Waals surface area contributed by atoms with Crippen LogP contribution in [0.2, 0.25) is 0 Å². The predicted octanol–water partition coefficient (Wildman–Crippen LogP) is 0.769. The summed E-state index contributed by atoms with van der Waals surface area (Å²) in [6.07, 6.45) is 1.65. The molecule has 2 rings (SSSR count). The average molecular weight is 240 g/mol. The van der Waals surface area contributed by atoms with Crippen molar-refractivity contribution in [1.29, 1.82) is 0 Å². The zero-order valence-electron chi connectivity index (χ0n) is 9.09. The van der Waals surface area contributed by atoms with E-state index in [1.807, 2.05) is 30.3 Å². The van der Waals surface area contributed by atoms with E-state index in [0.717, 1.165) is 12.8 Å². The summed E-state index contributed by atoms with van der Waals surface area (Å²) in [7, 11) is -3.21. The van der Waals surface area contributed by atoms with Gasteiger partial charge in [-0.3, -0.25) is 0 Å². The molecular weight excluding hydrogens is 224 g/mol. The maximum absolute atomic E-state index is 11.6. The summed E-state index contributed by atoms with van der Waals surface area (Å²) in [6.45, 7) is 1.74. The van der Waals surface area contributed by atoms with Gasteiger partial charge in [0.25, 0.3) is 10.2 Å². The lowest BCUT2D eigenvalue weighted by Crippen LogP contribution is -2.47. The lowest BCUT2D eigenvalue weighted by molar-refractivity contribution is 0.377. The van der Waals surface area contributed by atoms with Crippen LogP contribution in [0.25, 0.3) is 0 Å². The van der Waals surface area contributed by atoms with Crippen molar-refractivity contribution in [2.45, 2.75) is 12.8 Å². The van der Waals surface area contributed by atoms with Crippen LogP contribution in [-0.2, 0) is 16.6 Å². The van der Waals surface area contributed by atoms with Crippen LogP contribution < -0.4 is 4.72 Å². The van der Waals surface area contributed by atoms with Gasteiger partial charge in [0, 0.05) is 19.6 Å². The van der Waals surface area contributed by atoms with Crippen LogP contribution >= 0.6 is 0 Å². The fourth-order valence-electron chi connectivity index (χ4n) is 1.80. The minimum Gasteiger partial charge on any atom is -0.202 e. The first kappa shape index (κ1) is 11.6. The highest BCUT2D eigenvalue weighted by molar-refractivity contribution is 7.87. The molecule has 88 valence electrons. The monoisotopic (exact) mass is 240 g/mol. The summed E-state index contributed by atoms with van der Waals surface area (Å²) < 4.78 is 27.3. The van der Waals surface area contributed by atoms with Gasteiger partial charge in [-0.1, -0.05) is 30.3 Å². The first-order valence-corrected chi connectivity index (χ1v) is 6.91. The molecule has 1 aromatic rings. The summed E-state index contributed by atoms with van der Waals surface area (Å²) in [4.78, 5) is 0. The zero-order chi connectivity index (χ0) is 11.4. The van der Waals surface area contributed by atoms with Gasteiger partial charge in [0.1, 0.15) is 0 Å². The van der Waals surface area contributed by atoms with Crippen LogP contribution in [-0.4, -0.2) is 32.4 Å². The Balaban J connectivity index is 1.95. The Morgan fingerprint density at radius 1 is 1.25 bits per heavy atom. The van der Waals surface area contributed by atoms with Crippen LogP contribution in [0, 0.1) is 0 Å². The molecule has 0 aromatic heterocycles. The van der Waals surface area contributed by atoms with E-state index < -0.39 is 10.2 Å². The summed E-state index contributed by atoms with van der Waals surface area (Å²) in [5.41, 5.74) is 1.17. The Bertz CT molecular complexity index is 431. The number of hydrogen-bond acceptors (Lipinski definition) is 2. The van der Waals surface area contributed by atoms with Gasteiger partial charge in [0.2, 0.25) is 0 Å². The largest absolute Gasteiger partial charge is 0.279 e. The molecule has 0 spiro atoms. The lowest BCUT2D eigenvalue weighted by atomic mass is 10.1. The van der Waals surface area contributed by atoms with Gasteiger partial charge in [-0.25, -0.2) is 4.72 Å². The molecular formula is C11H16N2O2S. The molecule has 0 atom stereocenters. The Morgan fingerprint density at radius 3 is 2.69 bits per heavy atom. The standard InChI is InChI=1S/C11H16N2O2S/c14-16(15)12-8-4-9-13(16)10-7-11-5-2-1-3-6-11/h1-3,5-6,12H,4,7-10H2. The molecule has 5 heteroatoms. The molecule has 1 aromatic carbocycles. The van der Waals surface area contributed by atoms with Crippen molar-refractivity contribution in [3.8, 4) is 0 Å². The van der Waals surface area contributed by atoms with Gasteiger partial charge in [0.15, 0.2) is 0 Å². The molecule has 0 aliphatic carbocycles. The third-order valence-corrected chi connectivity index (χ3v) is 4.32. The quantitative estimate of drug-likeness (QED) is 0.848. The first-order valence-electron chi connectivity index (χ1n) is 5.47. The predicted molar refractivity (Wildman–Crippen MR) is 63.3 cm³/mol. The third-order valence-electron chi connectivity index (χ3n) is 2.70. The van der Waals surface area contributed by atoms with E-state index in [1.165, 1.54) is 9.87 Å². The van der Waals surface area contributed by atoms with Crippen LogP contribution in [0.4, 0.5) is 0 Å². The molecule has 1 heterocycles. The average Bonchev–Trinajstić information content (AvgIpc) is 2.28. The number of hydrogen-bond donors (Lipinski definition) is 1. The van der Waals surface area contributed by atoms with Crippen LogP contribution in [0.1, 0.15) is 12.0 Å². The SMILES string of the molecule is O=S1(=O)NCCCN1CCc1ccccc1. The topological polar surface area (TPSA) is 49.4 Å². The molecule has 4 nitrogen and oxygen atoms in total. The Hall–Kier alpha value is -0.910. The minimum absolute atomic E-state index is 0.555. The van der Waals surface area contributed by atoms with E-state index in [1.54, 1.807) is 0 Å². The maximum Gasteiger partial charge on any atom is 0.279 e. The normalized spacial score (nSPS) is 20.8. The number of rotatable bonds is 3. The fourth-order valence-corrected chi connectivity index (χ4v) is 3.08. The second kappa shape index (κ2) is 4.95. The van der Waals surface area contributed by atoms with Gasteiger partial charge in [0.05, 0.1) is 0 Å². The Morgan fingerprint density at radius 2 is 2.00 bits per heavy atom. The first-order chi connectivity index (χ1) is 7.68. The maximum atomic E-state index is 11.6. The van der Waals surface area contributed by atoms with Gasteiger partial charge in [-0.05, 0) is 18.4 Å². The van der Waals surface area contributed by atoms with Crippen LogP contribution in [0.3, 0.4) is 0 Å². The third kappa shape index (κ3) is 2.81. The van der Waals surface area contributed by atoms with Crippen molar-refractivity contribution < 1.29 is 8.42 Å². The summed E-state index contributed by atoms with van der Waals surface area (Å²) in [5.74, 6) is 0.